The van der Waals surface area contributed by atoms with Gasteiger partial charge in [0.05, 0.1) is 12.0 Å². The van der Waals surface area contributed by atoms with Crippen molar-refractivity contribution in [3.8, 4) is 11.5 Å². The van der Waals surface area contributed by atoms with Crippen LogP contribution < -0.4 is 21.3 Å². The number of rotatable bonds is 14. The molecule has 8 N–H and O–H groups in total. The van der Waals surface area contributed by atoms with Crippen molar-refractivity contribution in [1.29, 1.82) is 0 Å². The average Bonchev–Trinajstić information content (AvgIpc) is 3.10. The van der Waals surface area contributed by atoms with E-state index in [9.17, 15) is 23.2 Å². The van der Waals surface area contributed by atoms with E-state index in [0.717, 1.165) is 0 Å². The molecule has 0 spiro atoms. The molecular formula is C32H24Cl2N10O8S2. The van der Waals surface area contributed by atoms with E-state index in [1.165, 1.54) is 54.6 Å². The van der Waals surface area contributed by atoms with Gasteiger partial charge in [-0.05, 0) is 82.9 Å². The molecule has 54 heavy (non-hydrogen) atoms. The second kappa shape index (κ2) is 16.9. The lowest BCUT2D eigenvalue weighted by Gasteiger charge is -2.11. The van der Waals surface area contributed by atoms with E-state index in [1.807, 2.05) is 0 Å². The zero-order chi connectivity index (χ0) is 38.2. The van der Waals surface area contributed by atoms with Crippen molar-refractivity contribution < 1.29 is 37.8 Å². The Hall–Kier alpha value is -5.84. The number of aromatic nitrogens is 6. The van der Waals surface area contributed by atoms with E-state index in [2.05, 4.69) is 60.5 Å². The molecule has 0 bridgehead atoms. The fourth-order valence-corrected chi connectivity index (χ4v) is 6.18. The van der Waals surface area contributed by atoms with Gasteiger partial charge in [0.1, 0.15) is 16.4 Å². The van der Waals surface area contributed by atoms with Crippen molar-refractivity contribution in [3.05, 3.63) is 107 Å². The molecule has 2 aromatic heterocycles. The van der Waals surface area contributed by atoms with Gasteiger partial charge in [0.15, 0.2) is 0 Å². The summed E-state index contributed by atoms with van der Waals surface area (Å²) in [7, 11) is -4.76. The van der Waals surface area contributed by atoms with Crippen molar-refractivity contribution in [1.82, 2.24) is 29.9 Å². The molecule has 0 fully saturated rings. The van der Waals surface area contributed by atoms with Crippen molar-refractivity contribution in [3.63, 3.8) is 0 Å². The Morgan fingerprint density at radius 2 is 1.06 bits per heavy atom. The van der Waals surface area contributed by atoms with E-state index in [4.69, 9.17) is 28.5 Å². The van der Waals surface area contributed by atoms with Crippen LogP contribution in [0.1, 0.15) is 11.1 Å². The molecule has 0 saturated heterocycles. The van der Waals surface area contributed by atoms with E-state index >= 15 is 0 Å². The first-order valence-electron chi connectivity index (χ1n) is 15.0. The molecule has 22 heteroatoms. The highest BCUT2D eigenvalue weighted by atomic mass is 35.5. The molecule has 18 nitrogen and oxygen atoms in total. The summed E-state index contributed by atoms with van der Waals surface area (Å²) < 4.78 is 39.7. The lowest BCUT2D eigenvalue weighted by molar-refractivity contribution is -0.432. The predicted molar refractivity (Wildman–Crippen MR) is 201 cm³/mol. The van der Waals surface area contributed by atoms with Crippen molar-refractivity contribution in [2.45, 2.75) is 9.79 Å². The second-order valence-corrected chi connectivity index (χ2v) is 13.5. The molecular weight excluding hydrogens is 787 g/mol. The molecule has 0 atom stereocenters. The first kappa shape index (κ1) is 37.9. The maximum atomic E-state index is 12.5. The molecule has 0 radical (unpaired) electrons. The molecule has 6 rings (SSSR count). The lowest BCUT2D eigenvalue weighted by Crippen LogP contribution is -2.06. The van der Waals surface area contributed by atoms with Gasteiger partial charge in [-0.2, -0.15) is 38.3 Å². The minimum atomic E-state index is -4.76. The SMILES string of the molecule is O=S(=O)(O)c1cc(Nc2nc(Cl)nc(Nc3cccc(O)c3)n2)ccc1C=Cc1ccc(Nc2nc(Cl)nc(Nc3cccc(O)c3)n2)cc1SOOO. The molecule has 0 saturated carbocycles. The Morgan fingerprint density at radius 1 is 0.611 bits per heavy atom. The largest absolute Gasteiger partial charge is 0.508 e. The number of phenols is 2. The zero-order valence-electron chi connectivity index (χ0n) is 26.9. The lowest BCUT2D eigenvalue weighted by atomic mass is 10.1. The van der Waals surface area contributed by atoms with Crippen LogP contribution in [0.4, 0.5) is 46.5 Å². The molecule has 0 amide bonds. The topological polar surface area (TPSA) is 259 Å². The van der Waals surface area contributed by atoms with Crippen molar-refractivity contribution in [2.24, 2.45) is 0 Å². The highest BCUT2D eigenvalue weighted by Crippen LogP contribution is 2.32. The van der Waals surface area contributed by atoms with Crippen molar-refractivity contribution in [2.75, 3.05) is 21.3 Å². The Balaban J connectivity index is 1.23. The minimum absolute atomic E-state index is 0.0132. The quantitative estimate of drug-likeness (QED) is 0.0173. The van der Waals surface area contributed by atoms with Gasteiger partial charge in [-0.25, -0.2) is 5.26 Å². The molecule has 0 unspecified atom stereocenters. The number of hydrogen-bond donors (Lipinski definition) is 8. The van der Waals surface area contributed by atoms with Crippen molar-refractivity contribution >= 4 is 104 Å². The van der Waals surface area contributed by atoms with Crippen LogP contribution in [0.25, 0.3) is 12.2 Å². The van der Waals surface area contributed by atoms with E-state index < -0.39 is 15.0 Å². The number of hydrogen-bond acceptors (Lipinski definition) is 18. The highest BCUT2D eigenvalue weighted by molar-refractivity contribution is 7.94. The summed E-state index contributed by atoms with van der Waals surface area (Å²) in [5.74, 6) is 0.186. The van der Waals surface area contributed by atoms with Gasteiger partial charge in [-0.3, -0.25) is 4.55 Å². The van der Waals surface area contributed by atoms with Gasteiger partial charge in [0.2, 0.25) is 34.4 Å². The Bertz CT molecular complexity index is 2470. The van der Waals surface area contributed by atoms with E-state index in [-0.39, 0.29) is 57.1 Å². The fourth-order valence-electron chi connectivity index (χ4n) is 4.63. The summed E-state index contributed by atoms with van der Waals surface area (Å²) in [5, 5.41) is 43.4. The second-order valence-electron chi connectivity index (χ2n) is 10.6. The van der Waals surface area contributed by atoms with E-state index in [0.29, 0.717) is 39.6 Å². The summed E-state index contributed by atoms with van der Waals surface area (Å²) in [6, 6.07) is 21.5. The summed E-state index contributed by atoms with van der Waals surface area (Å²) >= 11 is 12.8. The van der Waals surface area contributed by atoms with Crippen LogP contribution in [-0.2, 0) is 19.5 Å². The number of nitrogens with zero attached hydrogens (tertiary/aromatic N) is 6. The Labute approximate surface area is 319 Å². The van der Waals surface area contributed by atoms with Crippen LogP contribution in [-0.4, -0.2) is 58.3 Å². The van der Waals surface area contributed by atoms with Gasteiger partial charge in [0.25, 0.3) is 10.1 Å². The van der Waals surface area contributed by atoms with Gasteiger partial charge < -0.3 is 31.5 Å². The van der Waals surface area contributed by atoms with Crippen LogP contribution in [0.2, 0.25) is 10.6 Å². The molecule has 6 aromatic rings. The molecule has 0 aliphatic heterocycles. The van der Waals surface area contributed by atoms with Crippen LogP contribution in [0, 0.1) is 0 Å². The molecule has 0 aliphatic carbocycles. The van der Waals surface area contributed by atoms with Crippen LogP contribution in [0.3, 0.4) is 0 Å². The normalized spacial score (nSPS) is 11.4. The van der Waals surface area contributed by atoms with Crippen LogP contribution in [0.5, 0.6) is 11.5 Å². The fraction of sp³-hybridized carbons (Fsp3) is 0. The summed E-state index contributed by atoms with van der Waals surface area (Å²) in [6.07, 6.45) is 2.97. The number of halogens is 2. The molecule has 276 valence electrons. The summed E-state index contributed by atoms with van der Waals surface area (Å²) in [6.45, 7) is 0. The minimum Gasteiger partial charge on any atom is -0.508 e. The molecule has 4 aromatic carbocycles. The number of phenolic OH excluding ortho intramolecular Hbond substituents is 2. The third kappa shape index (κ3) is 10.4. The average molecular weight is 812 g/mol. The zero-order valence-corrected chi connectivity index (χ0v) is 30.1. The Morgan fingerprint density at radius 3 is 1.52 bits per heavy atom. The van der Waals surface area contributed by atoms with Gasteiger partial charge in [-0.15, -0.1) is 4.33 Å². The third-order valence-corrected chi connectivity index (χ3v) is 8.74. The maximum Gasteiger partial charge on any atom is 0.295 e. The number of anilines is 8. The Kier molecular flexibility index (Phi) is 11.8. The highest BCUT2D eigenvalue weighted by Gasteiger charge is 2.17. The number of benzene rings is 4. The van der Waals surface area contributed by atoms with E-state index in [1.54, 1.807) is 42.5 Å². The van der Waals surface area contributed by atoms with Crippen LogP contribution >= 0.6 is 35.2 Å². The standard InChI is InChI=1S/C32H24Cl2N10O8S2/c33-27-39-29(35-19-3-1-5-23(45)13-19)43-31(41-27)37-21-11-9-17(25(15-21)53-52-51-47)7-8-18-10-12-22(16-26(18)54(48,49)50)38-32-42-28(34)40-30(44-32)36-20-4-2-6-24(46)14-20/h1-16,45-47H,(H,48,49,50)(H2,35,37,39,41,43)(H2,36,38,40,42,44). The van der Waals surface area contributed by atoms with Gasteiger partial charge in [-0.1, -0.05) is 41.5 Å². The number of nitrogens with one attached hydrogen (secondary N) is 4. The first-order valence-corrected chi connectivity index (χ1v) is 17.9. The third-order valence-electron chi connectivity index (χ3n) is 6.83. The monoisotopic (exact) mass is 810 g/mol. The molecule has 0 aliphatic rings. The first-order chi connectivity index (χ1) is 25.9. The summed E-state index contributed by atoms with van der Waals surface area (Å²) in [4.78, 5) is 24.6. The van der Waals surface area contributed by atoms with Gasteiger partial charge in [0, 0.05) is 39.8 Å². The van der Waals surface area contributed by atoms with Crippen LogP contribution in [0.15, 0.2) is 94.7 Å². The predicted octanol–water partition coefficient (Wildman–Crippen LogP) is 7.59. The van der Waals surface area contributed by atoms with Gasteiger partial charge >= 0.3 is 0 Å². The molecule has 2 heterocycles. The number of aromatic hydroxyl groups is 2. The maximum absolute atomic E-state index is 12.5. The smallest absolute Gasteiger partial charge is 0.295 e. The summed E-state index contributed by atoms with van der Waals surface area (Å²) in [5.41, 5.74) is 2.17.